The Morgan fingerprint density at radius 1 is 0.516 bits per heavy atom. The fourth-order valence-corrected chi connectivity index (χ4v) is 18.7. The van der Waals surface area contributed by atoms with Crippen LogP contribution in [-0.4, -0.2) is 308 Å². The molecule has 2 aromatic heterocycles. The predicted molar refractivity (Wildman–Crippen MR) is 455 cm³/mol. The van der Waals surface area contributed by atoms with Gasteiger partial charge in [-0.05, 0) is 79.1 Å². The third-order valence-corrected chi connectivity index (χ3v) is 26.1. The van der Waals surface area contributed by atoms with E-state index in [2.05, 4.69) is 42.6 Å². The van der Waals surface area contributed by atoms with Crippen LogP contribution in [0.4, 0.5) is 5.95 Å². The SMILES string of the molecule is CC(C)(C)C(=O)SCCOP(=O)(OCCSC(=O)C(C)(C)C)OC[C@H]1O[C@@H](n2cnc3c(=O)[nH]c(N)nc32)[C@H](O)[C@@H]1CO.CC1(C)O[C@H]2O[C@H](CO)[C@@H](CO)[C@H]2O1.CC[C@@H]1[C@@H](CC)OC(O)[C@@H]1O.CC[C@@H]1[C@@H](CC)OC(OC(C)=O)[C@@H]1OC(C)=O.CC[C@H]1[C@H]2OC(C)(C)O[C@H]2O[C@@H]1CC.[B][C@@H]1O[C@H](CC)[C@@H](CC)[C@H]1OC(C)=O.[B][C@@H]1O[C@H](CO)[C@@H](CO)[C@H]1O. The van der Waals surface area contributed by atoms with Crippen molar-refractivity contribution in [3.63, 3.8) is 0 Å². The van der Waals surface area contributed by atoms with Gasteiger partial charge in [0.15, 0.2) is 64.2 Å². The molecule has 0 aromatic carbocycles. The quantitative estimate of drug-likeness (QED) is 0.0168. The predicted octanol–water partition coefficient (Wildman–Crippen LogP) is 5.33. The summed E-state index contributed by atoms with van der Waals surface area (Å²) in [5.74, 6) is -2.67. The molecule has 11 heterocycles. The number of esters is 3. The molecule has 9 saturated heterocycles. The van der Waals surface area contributed by atoms with Crippen molar-refractivity contribution >= 4 is 92.3 Å². The molecule has 9 aliphatic rings. The van der Waals surface area contributed by atoms with E-state index in [0.29, 0.717) is 12.0 Å². The number of nitrogens with zero attached hydrogens (tertiary/aromatic N) is 3. The third kappa shape index (κ3) is 30.8. The van der Waals surface area contributed by atoms with Crippen LogP contribution in [0.15, 0.2) is 11.1 Å². The molecule has 4 radical (unpaired) electrons. The lowest BCUT2D eigenvalue weighted by molar-refractivity contribution is -0.214. The number of thioether (sulfide) groups is 2. The fraction of sp³-hybridized carbons (Fsp3) is 0.877. The van der Waals surface area contributed by atoms with E-state index in [9.17, 15) is 53.8 Å². The maximum Gasteiger partial charge on any atom is 0.474 e. The van der Waals surface area contributed by atoms with E-state index >= 15 is 0 Å². The zero-order valence-corrected chi connectivity index (χ0v) is 78.2. The molecular weight excluding hydrogens is 1690 g/mol. The number of phosphoric acid groups is 1. The van der Waals surface area contributed by atoms with Crippen molar-refractivity contribution in [3.8, 4) is 0 Å². The average molecular weight is 1830 g/mol. The number of phosphoric ester groups is 1. The summed E-state index contributed by atoms with van der Waals surface area (Å²) in [6.45, 7) is 36.9. The van der Waals surface area contributed by atoms with Crippen molar-refractivity contribution in [3.05, 3.63) is 16.7 Å². The Labute approximate surface area is 738 Å². The van der Waals surface area contributed by atoms with Crippen LogP contribution < -0.4 is 11.3 Å². The second-order valence-electron chi connectivity index (χ2n) is 34.2. The molecule has 43 heteroatoms. The first-order valence-corrected chi connectivity index (χ1v) is 46.2. The molecule has 0 amide bonds. The summed E-state index contributed by atoms with van der Waals surface area (Å²) < 4.78 is 108. The summed E-state index contributed by atoms with van der Waals surface area (Å²) in [7, 11) is 6.83. The number of nitrogens with one attached hydrogen (secondary N) is 1. The first kappa shape index (κ1) is 111. The summed E-state index contributed by atoms with van der Waals surface area (Å²) >= 11 is 2.05. The first-order chi connectivity index (χ1) is 58.1. The van der Waals surface area contributed by atoms with Crippen LogP contribution in [0.1, 0.15) is 203 Å². The Morgan fingerprint density at radius 2 is 0.944 bits per heavy atom. The number of nitrogens with two attached hydrogens (primary N) is 1. The monoisotopic (exact) mass is 1830 g/mol. The molecule has 124 heavy (non-hydrogen) atoms. The lowest BCUT2D eigenvalue weighted by Gasteiger charge is -2.24. The number of imidazole rings is 1. The highest BCUT2D eigenvalue weighted by molar-refractivity contribution is 8.14. The highest BCUT2D eigenvalue weighted by Crippen LogP contribution is 2.52. The molecule has 9 fully saturated rings. The Balaban J connectivity index is 0.000000279. The normalized spacial score (nSPS) is 34.2. The smallest absolute Gasteiger partial charge is 0.460 e. The van der Waals surface area contributed by atoms with E-state index in [-0.39, 0.29) is 163 Å². The Morgan fingerprint density at radius 3 is 1.39 bits per heavy atom. The highest BCUT2D eigenvalue weighted by atomic mass is 32.2. The van der Waals surface area contributed by atoms with Crippen LogP contribution in [0, 0.1) is 52.3 Å². The van der Waals surface area contributed by atoms with Gasteiger partial charge in [-0.3, -0.25) is 51.9 Å². The Kier molecular flexibility index (Phi) is 45.1. The molecule has 0 spiro atoms. The topological polar surface area (TPSA) is 531 Å². The van der Waals surface area contributed by atoms with Crippen LogP contribution in [0.5, 0.6) is 0 Å². The van der Waals surface area contributed by atoms with Crippen molar-refractivity contribution in [1.82, 2.24) is 19.5 Å². The van der Waals surface area contributed by atoms with Crippen LogP contribution in [-0.2, 0) is 108 Å². The summed E-state index contributed by atoms with van der Waals surface area (Å²) in [5, 5.41) is 84.2. The lowest BCUT2D eigenvalue weighted by Crippen LogP contribution is -2.34. The fourth-order valence-electron chi connectivity index (χ4n) is 15.7. The number of nitrogen functional groups attached to an aromatic ring is 1. The van der Waals surface area contributed by atoms with Crippen molar-refractivity contribution in [1.29, 1.82) is 0 Å². The number of carbonyl (C=O) groups is 5. The van der Waals surface area contributed by atoms with Crippen molar-refractivity contribution in [2.45, 2.75) is 337 Å². The van der Waals surface area contributed by atoms with Gasteiger partial charge in [0.05, 0.1) is 114 Å². The molecule has 2 unspecified atom stereocenters. The number of aliphatic hydroxyl groups excluding tert-OH is 9. The van der Waals surface area contributed by atoms with Crippen molar-refractivity contribution in [2.24, 2.45) is 52.3 Å². The molecule has 0 aliphatic carbocycles. The van der Waals surface area contributed by atoms with Gasteiger partial charge in [-0.25, -0.2) is 9.55 Å². The first-order valence-electron chi connectivity index (χ1n) is 42.8. The molecular formula is C81H140B2N5O33PS2. The van der Waals surface area contributed by atoms with Gasteiger partial charge in [0.1, 0.15) is 46.2 Å². The van der Waals surface area contributed by atoms with E-state index in [1.807, 2.05) is 41.5 Å². The standard InChI is InChI=1S/C25H40N5O10PS2.C12H20O5.C11H20O3.C10H17BO3.C9H16O5.C8H16O3.C6H11BO4/c1-24(2,3)21(34)42-9-7-37-41(36,38-8-10-43-22(35)25(4,5)6)39-12-15-14(11-31)17(32)20(40-15)30-13-27-16-18(30)28-23(26)29-19(16)33;1-5-9-10(6-2)17-12(16-8(4)14)11(9)15-7(3)13;1-5-7-8(6-2)12-10-9(7)13-11(3,4)14-10;1-4-7-8(5-2)14-10(11)9(7)13-6(3)12;1-9(2)13-7-5(3-10)6(4-11)12-8(7)14-9;1-3-5-6(4-2)11-8(10)7(5)9;7-6-5(10)3(1-8)4(2-9)11-6/h13-15,17,20,31-32H,7-12H2,1-6H3,(H3,26,28,29,33);9-12H,5-6H2,1-4H3;7-10H,5-6H2,1-4H3;7-10H,4-5H2,1-3H3;5-8,10-11H,3-4H2,1-2H3;5-10H,3-4H2,1-2H3;3-6,8-10H,1-2H2/t14-,15-,17-,20-;9-,10-,11-,12?;2*7-,8-,9-,10-;5-,6-,7-,8-;5-,6-,7-,8?;3-,4-,5-,6-/m1111111/s1. The number of H-pyrrole nitrogens is 1. The van der Waals surface area contributed by atoms with E-state index in [0.717, 1.165) is 74.9 Å². The molecule has 38 nitrogen and oxygen atoms in total. The van der Waals surface area contributed by atoms with Crippen LogP contribution in [0.25, 0.3) is 11.2 Å². The lowest BCUT2D eigenvalue weighted by atomic mass is 9.85. The summed E-state index contributed by atoms with van der Waals surface area (Å²) in [4.78, 5) is 80.0. The molecule has 2 aromatic rings. The van der Waals surface area contributed by atoms with Gasteiger partial charge in [-0.2, -0.15) is 4.98 Å². The number of ether oxygens (including phenoxy) is 14. The molecule has 0 saturated carbocycles. The second kappa shape index (κ2) is 50.6. The summed E-state index contributed by atoms with van der Waals surface area (Å²) in [5.41, 5.74) is 3.99. The van der Waals surface area contributed by atoms with E-state index in [1.165, 1.54) is 31.7 Å². The number of carbonyl (C=O) groups excluding carboxylic acids is 5. The summed E-state index contributed by atoms with van der Waals surface area (Å²) in [6.07, 6.45) is -0.168. The number of aromatic amines is 1. The van der Waals surface area contributed by atoms with Crippen LogP contribution >= 0.6 is 31.3 Å². The number of hydrogen-bond acceptors (Lipinski definition) is 38. The van der Waals surface area contributed by atoms with Crippen LogP contribution in [0.3, 0.4) is 0 Å². The Hall–Kier alpha value is -3.96. The zero-order valence-electron chi connectivity index (χ0n) is 75.6. The third-order valence-electron chi connectivity index (χ3n) is 22.1. The molecule has 710 valence electrons. The Bertz CT molecular complexity index is 3590. The van der Waals surface area contributed by atoms with Gasteiger partial charge < -0.3 is 118 Å². The molecule has 11 rings (SSSR count). The zero-order chi connectivity index (χ0) is 93.4. The minimum atomic E-state index is -4.25. The van der Waals surface area contributed by atoms with Gasteiger partial charge in [0, 0.05) is 90.5 Å². The van der Waals surface area contributed by atoms with Gasteiger partial charge >= 0.3 is 25.7 Å². The van der Waals surface area contributed by atoms with E-state index in [1.54, 1.807) is 55.4 Å². The van der Waals surface area contributed by atoms with E-state index in [4.69, 9.17) is 127 Å². The summed E-state index contributed by atoms with van der Waals surface area (Å²) in [6, 6.07) is -1.25. The molecule has 9 aliphatic heterocycles. The molecule has 28 atom stereocenters. The average Bonchev–Trinajstić information content (AvgIpc) is 1.62. The van der Waals surface area contributed by atoms with Crippen LogP contribution in [0.2, 0.25) is 0 Å². The number of anilines is 1. The van der Waals surface area contributed by atoms with Gasteiger partial charge in [-0.15, -0.1) is 0 Å². The number of fused-ring (bicyclic) bond motifs is 3. The highest BCUT2D eigenvalue weighted by Gasteiger charge is 2.56. The second-order valence-corrected chi connectivity index (χ2v) is 38.1. The number of aromatic nitrogens is 4. The number of rotatable bonds is 28. The minimum absolute atomic E-state index is 0.0258. The van der Waals surface area contributed by atoms with Gasteiger partial charge in [0.25, 0.3) is 5.56 Å². The maximum atomic E-state index is 13.6. The molecule has 0 bridgehead atoms. The number of hydrogen-bond donors (Lipinski definition) is 11. The minimum Gasteiger partial charge on any atom is -0.460 e. The van der Waals surface area contributed by atoms with Crippen molar-refractivity contribution < 1.29 is 154 Å². The van der Waals surface area contributed by atoms with Crippen molar-refractivity contribution in [2.75, 3.05) is 70.1 Å². The maximum absolute atomic E-state index is 13.6. The largest absolute Gasteiger partial charge is 0.474 e. The van der Waals surface area contributed by atoms with Gasteiger partial charge in [0.2, 0.25) is 12.2 Å². The number of aliphatic hydroxyl groups is 9. The van der Waals surface area contributed by atoms with E-state index < -0.39 is 141 Å². The van der Waals surface area contributed by atoms with Gasteiger partial charge in [-0.1, -0.05) is 120 Å². The molecule has 12 N–H and O–H groups in total.